The Hall–Kier alpha value is -8.02. The Morgan fingerprint density at radius 1 is 0.593 bits per heavy atom. The fraction of sp³-hybridized carbons (Fsp3) is 0.171. The average Bonchev–Trinajstić information content (AvgIpc) is 3.53. The van der Waals surface area contributed by atoms with Crippen LogP contribution in [0.5, 0.6) is 0 Å². The van der Waals surface area contributed by atoms with Crippen molar-refractivity contribution >= 4 is 82.3 Å². The van der Waals surface area contributed by atoms with Crippen LogP contribution in [0.15, 0.2) is 89.9 Å². The van der Waals surface area contributed by atoms with E-state index in [9.17, 15) is 33.6 Å². The molecule has 0 bridgehead atoms. The highest BCUT2D eigenvalue weighted by Gasteiger charge is 2.16. The van der Waals surface area contributed by atoms with Crippen LogP contribution in [-0.4, -0.2) is 62.2 Å². The van der Waals surface area contributed by atoms with Gasteiger partial charge in [-0.25, -0.2) is 19.6 Å². The Labute approximate surface area is 337 Å². The third-order valence-corrected chi connectivity index (χ3v) is 7.93. The first-order valence-electron chi connectivity index (χ1n) is 17.8. The smallest absolute Gasteiger partial charge is 0.355 e. The third kappa shape index (κ3) is 12.5. The lowest BCUT2D eigenvalue weighted by Crippen LogP contribution is -2.14. The monoisotopic (exact) mass is 801 g/mol. The normalized spacial score (nSPS) is 10.7. The number of nitrogens with zero attached hydrogens (tertiary/aromatic N) is 4. The minimum Gasteiger partial charge on any atom is -0.457 e. The molecular weight excluding hydrogens is 763 g/mol. The highest BCUT2D eigenvalue weighted by molar-refractivity contribution is 6.05. The number of benzene rings is 2. The van der Waals surface area contributed by atoms with E-state index in [2.05, 4.69) is 41.5 Å². The Balaban J connectivity index is 1.16. The summed E-state index contributed by atoms with van der Waals surface area (Å²) in [5, 5.41) is 12.9. The Kier molecular flexibility index (Phi) is 13.7. The molecule has 59 heavy (non-hydrogen) atoms. The second kappa shape index (κ2) is 19.2. The van der Waals surface area contributed by atoms with Crippen LogP contribution in [0.2, 0.25) is 0 Å². The molecule has 302 valence electrons. The Morgan fingerprint density at radius 3 is 1.58 bits per heavy atom. The number of carbonyl (C=O) groups excluding carboxylic acids is 7. The number of aliphatic imine (C=N–C) groups is 1. The van der Waals surface area contributed by atoms with Gasteiger partial charge in [0, 0.05) is 46.0 Å². The molecule has 0 unspecified atom stereocenters. The number of ether oxygens (including phenoxy) is 2. The standard InChI is InChI=1S/C41H39N9O9/c1-23(51)43-35-15-27(16-36(48-35)44-24(2)52)21-58-40(56)30-7-6-8-32(19-30)47-39(55)29-9-11-31(12-10-29)42-20-33-13-14-34(50(33)5)41(57)59-22-28-17-37(45-25(3)53)49-38(18-28)46-26(4)54/h6-20H,21-22H2,1-5H3,(H,47,55)(H2,43,44,48,51,52)(H2,45,46,49,53,54). The predicted octanol–water partition coefficient (Wildman–Crippen LogP) is 5.37. The minimum absolute atomic E-state index is 0.159. The summed E-state index contributed by atoms with van der Waals surface area (Å²) in [4.78, 5) is 97.8. The van der Waals surface area contributed by atoms with Crippen molar-refractivity contribution in [2.24, 2.45) is 12.0 Å². The van der Waals surface area contributed by atoms with Crippen LogP contribution in [0.25, 0.3) is 0 Å². The molecule has 0 aliphatic carbocycles. The van der Waals surface area contributed by atoms with Crippen LogP contribution in [0.4, 0.5) is 34.6 Å². The zero-order valence-electron chi connectivity index (χ0n) is 32.5. The van der Waals surface area contributed by atoms with Crippen molar-refractivity contribution in [3.05, 3.63) is 119 Å². The van der Waals surface area contributed by atoms with Crippen molar-refractivity contribution in [3.8, 4) is 0 Å². The maximum Gasteiger partial charge on any atom is 0.355 e. The van der Waals surface area contributed by atoms with E-state index in [0.29, 0.717) is 33.8 Å². The summed E-state index contributed by atoms with van der Waals surface area (Å²) < 4.78 is 12.6. The Bertz CT molecular complexity index is 2410. The molecule has 0 aliphatic heterocycles. The van der Waals surface area contributed by atoms with Gasteiger partial charge in [-0.1, -0.05) is 6.07 Å². The average molecular weight is 802 g/mol. The molecule has 0 atom stereocenters. The van der Waals surface area contributed by atoms with Crippen LogP contribution >= 0.6 is 0 Å². The van der Waals surface area contributed by atoms with Gasteiger partial charge < -0.3 is 40.6 Å². The van der Waals surface area contributed by atoms with E-state index in [1.54, 1.807) is 66.4 Å². The minimum atomic E-state index is -0.675. The van der Waals surface area contributed by atoms with Gasteiger partial charge in [0.05, 0.1) is 23.2 Å². The number of nitrogens with one attached hydrogen (secondary N) is 5. The van der Waals surface area contributed by atoms with E-state index in [1.165, 1.54) is 64.1 Å². The number of pyridine rings is 2. The zero-order valence-corrected chi connectivity index (χ0v) is 32.5. The SMILES string of the molecule is CC(=O)Nc1cc(COC(=O)c2cccc(NC(=O)c3ccc(N=Cc4ccc(C(=O)OCc5cc(NC(C)=O)nc(NC(C)=O)c5)n4C)cc3)c2)cc(NC(C)=O)n1. The molecule has 3 heterocycles. The van der Waals surface area contributed by atoms with Gasteiger partial charge in [0.25, 0.3) is 5.91 Å². The van der Waals surface area contributed by atoms with Gasteiger partial charge in [0.1, 0.15) is 42.2 Å². The van der Waals surface area contributed by atoms with E-state index < -0.39 is 17.8 Å². The molecule has 18 nitrogen and oxygen atoms in total. The van der Waals surface area contributed by atoms with Crippen molar-refractivity contribution < 1.29 is 43.0 Å². The molecule has 5 rings (SSSR count). The quantitative estimate of drug-likeness (QED) is 0.0707. The molecule has 3 aromatic heterocycles. The number of amides is 5. The first kappa shape index (κ1) is 42.1. The van der Waals surface area contributed by atoms with Crippen LogP contribution in [0.1, 0.15) is 75.7 Å². The summed E-state index contributed by atoms with van der Waals surface area (Å²) in [5.41, 5.74) is 3.16. The van der Waals surface area contributed by atoms with Gasteiger partial charge in [0.2, 0.25) is 23.6 Å². The molecule has 0 saturated carbocycles. The number of rotatable bonds is 14. The number of hydrogen-bond acceptors (Lipinski definition) is 12. The second-order valence-electron chi connectivity index (χ2n) is 12.9. The van der Waals surface area contributed by atoms with Gasteiger partial charge in [-0.2, -0.15) is 0 Å². The highest BCUT2D eigenvalue weighted by atomic mass is 16.5. The molecule has 5 amide bonds. The molecular formula is C41H39N9O9. The summed E-state index contributed by atoms with van der Waals surface area (Å²) in [6.45, 7) is 4.91. The van der Waals surface area contributed by atoms with Crippen molar-refractivity contribution in [2.45, 2.75) is 40.9 Å². The third-order valence-electron chi connectivity index (χ3n) is 7.93. The summed E-state index contributed by atoms with van der Waals surface area (Å²) in [5.74, 6) is -2.47. The zero-order chi connectivity index (χ0) is 42.6. The number of aromatic nitrogens is 3. The molecule has 5 aromatic rings. The predicted molar refractivity (Wildman–Crippen MR) is 217 cm³/mol. The molecule has 0 radical (unpaired) electrons. The lowest BCUT2D eigenvalue weighted by Gasteiger charge is -2.11. The van der Waals surface area contributed by atoms with Crippen LogP contribution in [-0.2, 0) is 48.9 Å². The topological polar surface area (TPSA) is 241 Å². The lowest BCUT2D eigenvalue weighted by atomic mass is 10.1. The number of carbonyl (C=O) groups is 7. The maximum absolute atomic E-state index is 13.1. The van der Waals surface area contributed by atoms with E-state index >= 15 is 0 Å². The van der Waals surface area contributed by atoms with Gasteiger partial charge in [-0.15, -0.1) is 0 Å². The number of esters is 2. The number of hydrogen-bond donors (Lipinski definition) is 5. The lowest BCUT2D eigenvalue weighted by molar-refractivity contribution is -0.115. The molecule has 5 N–H and O–H groups in total. The van der Waals surface area contributed by atoms with E-state index in [4.69, 9.17) is 9.47 Å². The second-order valence-corrected chi connectivity index (χ2v) is 12.9. The fourth-order valence-electron chi connectivity index (χ4n) is 5.40. The summed E-state index contributed by atoms with van der Waals surface area (Å²) in [6, 6.07) is 22.0. The molecule has 0 saturated heterocycles. The Morgan fingerprint density at radius 2 is 1.08 bits per heavy atom. The van der Waals surface area contributed by atoms with Gasteiger partial charge in [-0.3, -0.25) is 29.0 Å². The first-order valence-corrected chi connectivity index (χ1v) is 17.8. The molecule has 18 heteroatoms. The van der Waals surface area contributed by atoms with Crippen LogP contribution in [0.3, 0.4) is 0 Å². The van der Waals surface area contributed by atoms with E-state index in [-0.39, 0.29) is 71.4 Å². The molecule has 0 aliphatic rings. The summed E-state index contributed by atoms with van der Waals surface area (Å²) in [7, 11) is 1.67. The molecule has 2 aromatic carbocycles. The molecule has 0 spiro atoms. The highest BCUT2D eigenvalue weighted by Crippen LogP contribution is 2.21. The van der Waals surface area contributed by atoms with Gasteiger partial charge >= 0.3 is 11.9 Å². The van der Waals surface area contributed by atoms with Crippen LogP contribution < -0.4 is 26.6 Å². The summed E-state index contributed by atoms with van der Waals surface area (Å²) in [6.07, 6.45) is 1.55. The van der Waals surface area contributed by atoms with Crippen LogP contribution in [0, 0.1) is 0 Å². The maximum atomic E-state index is 13.1. The first-order chi connectivity index (χ1) is 28.1. The van der Waals surface area contributed by atoms with Crippen molar-refractivity contribution in [2.75, 3.05) is 26.6 Å². The van der Waals surface area contributed by atoms with Gasteiger partial charge in [-0.05, 0) is 90.0 Å². The number of anilines is 5. The van der Waals surface area contributed by atoms with Crippen molar-refractivity contribution in [3.63, 3.8) is 0 Å². The van der Waals surface area contributed by atoms with Crippen molar-refractivity contribution in [1.29, 1.82) is 0 Å². The largest absolute Gasteiger partial charge is 0.457 e. The van der Waals surface area contributed by atoms with E-state index in [1.807, 2.05) is 0 Å². The van der Waals surface area contributed by atoms with Gasteiger partial charge in [0.15, 0.2) is 0 Å². The molecule has 0 fully saturated rings. The van der Waals surface area contributed by atoms with E-state index in [0.717, 1.165) is 0 Å². The van der Waals surface area contributed by atoms with Crippen molar-refractivity contribution in [1.82, 2.24) is 14.5 Å². The summed E-state index contributed by atoms with van der Waals surface area (Å²) >= 11 is 0. The fourth-order valence-corrected chi connectivity index (χ4v) is 5.40.